The topological polar surface area (TPSA) is 134 Å². The number of benzene rings is 2. The number of carbonyl (C=O) groups excluding carboxylic acids is 1. The summed E-state index contributed by atoms with van der Waals surface area (Å²) in [4.78, 5) is 34.3. The Kier molecular flexibility index (Phi) is 9.93. The highest BCUT2D eigenvalue weighted by Crippen LogP contribution is 2.19. The van der Waals surface area contributed by atoms with E-state index in [9.17, 15) is 14.4 Å². The van der Waals surface area contributed by atoms with Gasteiger partial charge in [0.15, 0.2) is 0 Å². The van der Waals surface area contributed by atoms with Crippen molar-refractivity contribution in [3.8, 4) is 0 Å². The van der Waals surface area contributed by atoms with E-state index in [0.717, 1.165) is 30.5 Å². The van der Waals surface area contributed by atoms with Gasteiger partial charge in [0.2, 0.25) is 0 Å². The lowest BCUT2D eigenvalue weighted by atomic mass is 10.1. The molecule has 1 aliphatic rings. The van der Waals surface area contributed by atoms with E-state index in [1.54, 1.807) is 0 Å². The lowest BCUT2D eigenvalue weighted by Crippen LogP contribution is -2.47. The second-order valence-corrected chi connectivity index (χ2v) is 8.88. The van der Waals surface area contributed by atoms with E-state index in [4.69, 9.17) is 14.9 Å². The normalized spacial score (nSPS) is 15.9. The van der Waals surface area contributed by atoms with Gasteiger partial charge in [-0.15, -0.1) is 0 Å². The Morgan fingerprint density at radius 2 is 1.78 bits per heavy atom. The number of hydrogen-bond donors (Lipinski definition) is 3. The third-order valence-corrected chi connectivity index (χ3v) is 5.66. The van der Waals surface area contributed by atoms with E-state index in [1.165, 1.54) is 5.56 Å². The van der Waals surface area contributed by atoms with Crippen molar-refractivity contribution in [2.24, 2.45) is 0 Å². The van der Waals surface area contributed by atoms with Crippen molar-refractivity contribution in [3.05, 3.63) is 78.0 Å². The lowest BCUT2D eigenvalue weighted by molar-refractivity contribution is -0.134. The monoisotopic (exact) mass is 508 g/mol. The second kappa shape index (κ2) is 13.3. The molecule has 0 bridgehead atoms. The molecule has 0 saturated carbocycles. The largest absolute Gasteiger partial charge is 0.478 e. The van der Waals surface area contributed by atoms with Crippen molar-refractivity contribution in [1.82, 2.24) is 20.0 Å². The van der Waals surface area contributed by atoms with E-state index in [2.05, 4.69) is 53.4 Å². The van der Waals surface area contributed by atoms with E-state index in [1.807, 2.05) is 35.1 Å². The van der Waals surface area contributed by atoms with Crippen LogP contribution in [-0.2, 0) is 20.9 Å². The molecule has 196 valence electrons. The van der Waals surface area contributed by atoms with Crippen molar-refractivity contribution >= 4 is 28.7 Å². The molecule has 1 unspecified atom stereocenters. The van der Waals surface area contributed by atoms with Crippen LogP contribution in [0.25, 0.3) is 10.9 Å². The summed E-state index contributed by atoms with van der Waals surface area (Å²) >= 11 is 0. The summed E-state index contributed by atoms with van der Waals surface area (Å²) in [6, 6.07) is 16.4. The second-order valence-electron chi connectivity index (χ2n) is 8.88. The quantitative estimate of drug-likeness (QED) is 0.396. The molecule has 4 rings (SSSR count). The van der Waals surface area contributed by atoms with Gasteiger partial charge in [0, 0.05) is 56.0 Å². The number of carbonyl (C=O) groups is 3. The van der Waals surface area contributed by atoms with Crippen molar-refractivity contribution in [1.29, 1.82) is 0 Å². The highest BCUT2D eigenvalue weighted by Gasteiger charge is 2.22. The number of amides is 1. The van der Waals surface area contributed by atoms with Gasteiger partial charge >= 0.3 is 11.9 Å². The van der Waals surface area contributed by atoms with Gasteiger partial charge < -0.3 is 20.3 Å². The minimum Gasteiger partial charge on any atom is -0.478 e. The number of nitrogens with zero attached hydrogens (tertiary/aromatic N) is 3. The maximum absolute atomic E-state index is 12.8. The molecule has 1 aliphatic heterocycles. The number of aromatic nitrogens is 2. The van der Waals surface area contributed by atoms with Gasteiger partial charge in [-0.1, -0.05) is 42.5 Å². The summed E-state index contributed by atoms with van der Waals surface area (Å²) in [6.07, 6.45) is 3.09. The lowest BCUT2D eigenvalue weighted by Gasteiger charge is -2.33. The van der Waals surface area contributed by atoms with Crippen LogP contribution in [0.5, 0.6) is 0 Å². The molecule has 1 fully saturated rings. The van der Waals surface area contributed by atoms with E-state index in [0.29, 0.717) is 30.9 Å². The highest BCUT2D eigenvalue weighted by molar-refractivity contribution is 6.05. The zero-order valence-electron chi connectivity index (χ0n) is 20.9. The molecule has 1 atom stereocenters. The standard InChI is InChI=1S/C23H28N4O2.C4H4O4/c1-17(2)27-15-19-9-6-10-21(22(19)25-27)23(28)24-13-20-16-26(11-12-29-20)14-18-7-4-3-5-8-18;5-3(6)1-2-4(7)8/h3-10,15,17,20H,11-14,16H2,1-2H3,(H,24,28);1-2H,(H,5,6)(H,7,8)/b;2-1+. The Hall–Kier alpha value is -4.02. The molecule has 10 nitrogen and oxygen atoms in total. The number of nitrogens with one attached hydrogen (secondary N) is 1. The number of rotatable bonds is 8. The number of hydrogen-bond acceptors (Lipinski definition) is 6. The van der Waals surface area contributed by atoms with Gasteiger partial charge in [-0.25, -0.2) is 9.59 Å². The van der Waals surface area contributed by atoms with E-state index >= 15 is 0 Å². The fourth-order valence-corrected chi connectivity index (χ4v) is 3.85. The SMILES string of the molecule is CC(C)n1cc2cccc(C(=O)NCC3CN(Cc4ccccc4)CCO3)c2n1.O=C(O)/C=C/C(=O)O. The van der Waals surface area contributed by atoms with Crippen molar-refractivity contribution in [3.63, 3.8) is 0 Å². The van der Waals surface area contributed by atoms with Crippen LogP contribution >= 0.6 is 0 Å². The van der Waals surface area contributed by atoms with Crippen LogP contribution in [0.2, 0.25) is 0 Å². The molecular weight excluding hydrogens is 476 g/mol. The van der Waals surface area contributed by atoms with Crippen molar-refractivity contribution in [2.75, 3.05) is 26.2 Å². The first-order chi connectivity index (χ1) is 17.7. The molecule has 1 amide bonds. The molecule has 3 N–H and O–H groups in total. The van der Waals surface area contributed by atoms with Crippen LogP contribution < -0.4 is 5.32 Å². The zero-order chi connectivity index (χ0) is 26.8. The van der Waals surface area contributed by atoms with E-state index in [-0.39, 0.29) is 18.1 Å². The number of ether oxygens (including phenoxy) is 1. The minimum absolute atomic E-state index is 0.0103. The van der Waals surface area contributed by atoms with Crippen LogP contribution in [0.1, 0.15) is 35.8 Å². The summed E-state index contributed by atoms with van der Waals surface area (Å²) in [5.41, 5.74) is 2.65. The molecule has 2 aromatic carbocycles. The maximum atomic E-state index is 12.8. The predicted molar refractivity (Wildman–Crippen MR) is 138 cm³/mol. The Morgan fingerprint density at radius 1 is 1.08 bits per heavy atom. The van der Waals surface area contributed by atoms with Gasteiger partial charge in [0.25, 0.3) is 5.91 Å². The van der Waals surface area contributed by atoms with Crippen LogP contribution in [0, 0.1) is 0 Å². The number of morpholine rings is 1. The Bertz CT molecular complexity index is 1220. The molecule has 0 spiro atoms. The first-order valence-electron chi connectivity index (χ1n) is 12.0. The highest BCUT2D eigenvalue weighted by atomic mass is 16.5. The van der Waals surface area contributed by atoms with Gasteiger partial charge in [-0.05, 0) is 25.5 Å². The van der Waals surface area contributed by atoms with Crippen LogP contribution in [0.15, 0.2) is 66.9 Å². The first kappa shape index (κ1) is 27.6. The van der Waals surface area contributed by atoms with Crippen molar-refractivity contribution in [2.45, 2.75) is 32.5 Å². The van der Waals surface area contributed by atoms with Gasteiger partial charge in [0.1, 0.15) is 5.52 Å². The molecule has 2 heterocycles. The van der Waals surface area contributed by atoms with E-state index < -0.39 is 11.9 Å². The molecule has 0 aliphatic carbocycles. The molecule has 0 radical (unpaired) electrons. The average molecular weight is 509 g/mol. The summed E-state index contributed by atoms with van der Waals surface area (Å²) < 4.78 is 7.78. The smallest absolute Gasteiger partial charge is 0.328 e. The molecule has 10 heteroatoms. The molecular formula is C27H32N4O6. The first-order valence-corrected chi connectivity index (χ1v) is 12.0. The van der Waals surface area contributed by atoms with Crippen LogP contribution in [0.3, 0.4) is 0 Å². The summed E-state index contributed by atoms with van der Waals surface area (Å²) in [5, 5.41) is 24.3. The fourth-order valence-electron chi connectivity index (χ4n) is 3.85. The predicted octanol–water partition coefficient (Wildman–Crippen LogP) is 2.96. The molecule has 3 aromatic rings. The average Bonchev–Trinajstić information content (AvgIpc) is 3.32. The maximum Gasteiger partial charge on any atom is 0.328 e. The van der Waals surface area contributed by atoms with Gasteiger partial charge in [-0.3, -0.25) is 14.4 Å². The van der Waals surface area contributed by atoms with Gasteiger partial charge in [0.05, 0.1) is 18.3 Å². The summed E-state index contributed by atoms with van der Waals surface area (Å²) in [7, 11) is 0. The van der Waals surface area contributed by atoms with Crippen molar-refractivity contribution < 1.29 is 29.3 Å². The molecule has 1 aromatic heterocycles. The number of carboxylic acid groups (broad SMARTS) is 2. The van der Waals surface area contributed by atoms with Gasteiger partial charge in [-0.2, -0.15) is 5.10 Å². The third-order valence-electron chi connectivity index (χ3n) is 5.66. The Labute approximate surface area is 215 Å². The Balaban J connectivity index is 0.000000414. The number of aliphatic carboxylic acids is 2. The summed E-state index contributed by atoms with van der Waals surface area (Å²) in [6.45, 7) is 7.95. The minimum atomic E-state index is -1.26. The number of fused-ring (bicyclic) bond motifs is 1. The zero-order valence-corrected chi connectivity index (χ0v) is 20.9. The van der Waals surface area contributed by atoms with Crippen LogP contribution in [-0.4, -0.2) is 75.1 Å². The number of carboxylic acids is 2. The third kappa shape index (κ3) is 8.55. The molecule has 37 heavy (non-hydrogen) atoms. The van der Waals surface area contributed by atoms with Crippen LogP contribution in [0.4, 0.5) is 0 Å². The summed E-state index contributed by atoms with van der Waals surface area (Å²) in [5.74, 6) is -2.62. The molecule has 1 saturated heterocycles. The fraction of sp³-hybridized carbons (Fsp3) is 0.333. The Morgan fingerprint density at radius 3 is 2.43 bits per heavy atom.